The molecule has 0 radical (unpaired) electrons. The molecule has 0 saturated carbocycles. The molecule has 0 amide bonds. The highest BCUT2D eigenvalue weighted by Gasteiger charge is 2.24. The number of rotatable bonds is 5. The van der Waals surface area contributed by atoms with Crippen LogP contribution < -0.4 is 4.74 Å². The first-order chi connectivity index (χ1) is 14.9. The third-order valence-electron chi connectivity index (χ3n) is 4.34. The van der Waals surface area contributed by atoms with Crippen LogP contribution in [-0.2, 0) is 0 Å². The molecule has 0 N–H and O–H groups in total. The highest BCUT2D eigenvalue weighted by molar-refractivity contribution is 7.99. The largest absolute Gasteiger partial charge is 0.402 e. The van der Waals surface area contributed by atoms with Crippen LogP contribution in [-0.4, -0.2) is 15.7 Å². The molecule has 0 spiro atoms. The molecular weight excluding hydrogens is 475 g/mol. The van der Waals surface area contributed by atoms with E-state index in [4.69, 9.17) is 39.5 Å². The summed E-state index contributed by atoms with van der Waals surface area (Å²) < 4.78 is 7.44. The normalized spacial score (nSPS) is 10.8. The van der Waals surface area contributed by atoms with Crippen molar-refractivity contribution in [3.63, 3.8) is 0 Å². The van der Waals surface area contributed by atoms with Crippen LogP contribution in [0.15, 0.2) is 82.6 Å². The first-order valence-electron chi connectivity index (χ1n) is 9.18. The van der Waals surface area contributed by atoms with Crippen molar-refractivity contribution in [2.24, 2.45) is 0 Å². The van der Waals surface area contributed by atoms with Gasteiger partial charge in [0.15, 0.2) is 0 Å². The minimum absolute atomic E-state index is 0.176. The highest BCUT2D eigenvalue weighted by Crippen LogP contribution is 2.40. The lowest BCUT2D eigenvalue weighted by molar-refractivity contribution is 0.0718. The molecule has 4 aromatic rings. The SMILES string of the molecule is Cc1nn(-c2ccccc2)c(OC(=O)c2cc(Cl)ccc2Cl)c1Sc1ccc(Cl)cc1. The van der Waals surface area contributed by atoms with E-state index in [0.29, 0.717) is 26.5 Å². The van der Waals surface area contributed by atoms with Crippen molar-refractivity contribution in [1.29, 1.82) is 0 Å². The maximum atomic E-state index is 13.0. The molecule has 4 nitrogen and oxygen atoms in total. The second-order valence-corrected chi connectivity index (χ2v) is 8.90. The van der Waals surface area contributed by atoms with Gasteiger partial charge in [0.25, 0.3) is 0 Å². The van der Waals surface area contributed by atoms with Gasteiger partial charge in [0.05, 0.1) is 26.9 Å². The molecule has 0 aliphatic rings. The third-order valence-corrected chi connectivity index (χ3v) is 6.34. The Morgan fingerprint density at radius 1 is 0.935 bits per heavy atom. The number of carbonyl (C=O) groups is 1. The number of ether oxygens (including phenoxy) is 1. The van der Waals surface area contributed by atoms with E-state index in [1.165, 1.54) is 17.8 Å². The zero-order valence-electron chi connectivity index (χ0n) is 16.2. The predicted octanol–water partition coefficient (Wildman–Crippen LogP) is 7.51. The number of benzene rings is 3. The molecule has 1 aromatic heterocycles. The maximum absolute atomic E-state index is 13.0. The van der Waals surface area contributed by atoms with Crippen molar-refractivity contribution < 1.29 is 9.53 Å². The Labute approximate surface area is 198 Å². The Morgan fingerprint density at radius 3 is 2.32 bits per heavy atom. The number of carbonyl (C=O) groups excluding carboxylic acids is 1. The number of aromatic nitrogens is 2. The van der Waals surface area contributed by atoms with Gasteiger partial charge in [-0.3, -0.25) is 0 Å². The molecule has 0 aliphatic heterocycles. The average Bonchev–Trinajstić information content (AvgIpc) is 3.07. The molecule has 1 heterocycles. The fourth-order valence-corrected chi connectivity index (χ4v) is 4.26. The van der Waals surface area contributed by atoms with Gasteiger partial charge in [-0.2, -0.15) is 9.78 Å². The van der Waals surface area contributed by atoms with Crippen LogP contribution in [0, 0.1) is 6.92 Å². The van der Waals surface area contributed by atoms with Gasteiger partial charge in [-0.05, 0) is 61.5 Å². The molecule has 0 aliphatic carbocycles. The van der Waals surface area contributed by atoms with E-state index in [2.05, 4.69) is 5.10 Å². The van der Waals surface area contributed by atoms with Crippen LogP contribution in [0.2, 0.25) is 15.1 Å². The highest BCUT2D eigenvalue weighted by atomic mass is 35.5. The lowest BCUT2D eigenvalue weighted by Gasteiger charge is -2.11. The van der Waals surface area contributed by atoms with Crippen molar-refractivity contribution in [2.75, 3.05) is 0 Å². The van der Waals surface area contributed by atoms with Crippen LogP contribution >= 0.6 is 46.6 Å². The van der Waals surface area contributed by atoms with Gasteiger partial charge in [0.2, 0.25) is 5.88 Å². The fourth-order valence-electron chi connectivity index (χ4n) is 2.86. The van der Waals surface area contributed by atoms with Crippen LogP contribution in [0.5, 0.6) is 5.88 Å². The average molecular weight is 490 g/mol. The number of nitrogens with zero attached hydrogens (tertiary/aromatic N) is 2. The van der Waals surface area contributed by atoms with E-state index >= 15 is 0 Å². The molecule has 3 aromatic carbocycles. The minimum Gasteiger partial charge on any atom is -0.402 e. The van der Waals surface area contributed by atoms with Crippen LogP contribution in [0.4, 0.5) is 0 Å². The van der Waals surface area contributed by atoms with Crippen LogP contribution in [0.1, 0.15) is 16.1 Å². The van der Waals surface area contributed by atoms with Crippen molar-refractivity contribution in [2.45, 2.75) is 16.7 Å². The Kier molecular flexibility index (Phi) is 6.58. The van der Waals surface area contributed by atoms with Gasteiger partial charge in [-0.25, -0.2) is 4.79 Å². The monoisotopic (exact) mass is 488 g/mol. The summed E-state index contributed by atoms with van der Waals surface area (Å²) in [7, 11) is 0. The number of hydrogen-bond donors (Lipinski definition) is 0. The van der Waals surface area contributed by atoms with E-state index in [1.807, 2.05) is 49.4 Å². The van der Waals surface area contributed by atoms with Crippen molar-refractivity contribution in [3.8, 4) is 11.6 Å². The van der Waals surface area contributed by atoms with Gasteiger partial charge >= 0.3 is 5.97 Å². The molecule has 0 fully saturated rings. The Balaban J connectivity index is 1.78. The van der Waals surface area contributed by atoms with Gasteiger partial charge in [0.1, 0.15) is 0 Å². The lowest BCUT2D eigenvalue weighted by atomic mass is 10.2. The summed E-state index contributed by atoms with van der Waals surface area (Å²) >= 11 is 19.7. The van der Waals surface area contributed by atoms with Gasteiger partial charge in [-0.1, -0.05) is 64.8 Å². The molecule has 0 bridgehead atoms. The molecule has 8 heteroatoms. The van der Waals surface area contributed by atoms with E-state index in [0.717, 1.165) is 10.6 Å². The zero-order valence-corrected chi connectivity index (χ0v) is 19.3. The van der Waals surface area contributed by atoms with Crippen molar-refractivity contribution in [3.05, 3.63) is 99.1 Å². The Hall–Kier alpha value is -2.44. The van der Waals surface area contributed by atoms with E-state index < -0.39 is 5.97 Å². The standard InChI is InChI=1S/C23H15Cl3N2O2S/c1-14-21(31-18-10-7-15(24)8-11-18)22(28(27-14)17-5-3-2-4-6-17)30-23(29)19-13-16(25)9-12-20(19)26/h2-13H,1H3. The quantitative estimate of drug-likeness (QED) is 0.272. The predicted molar refractivity (Wildman–Crippen MR) is 125 cm³/mol. The lowest BCUT2D eigenvalue weighted by Crippen LogP contribution is -2.13. The van der Waals surface area contributed by atoms with Crippen molar-refractivity contribution in [1.82, 2.24) is 9.78 Å². The summed E-state index contributed by atoms with van der Waals surface area (Å²) in [6.07, 6.45) is 0. The van der Waals surface area contributed by atoms with Gasteiger partial charge in [0, 0.05) is 14.9 Å². The summed E-state index contributed by atoms with van der Waals surface area (Å²) in [6.45, 7) is 1.86. The second-order valence-electron chi connectivity index (χ2n) is 6.54. The third kappa shape index (κ3) is 4.91. The summed E-state index contributed by atoms with van der Waals surface area (Å²) in [4.78, 5) is 14.6. The molecule has 31 heavy (non-hydrogen) atoms. The minimum atomic E-state index is -0.623. The van der Waals surface area contributed by atoms with Crippen molar-refractivity contribution >= 4 is 52.5 Å². The van der Waals surface area contributed by atoms with Crippen LogP contribution in [0.3, 0.4) is 0 Å². The topological polar surface area (TPSA) is 44.1 Å². The summed E-state index contributed by atoms with van der Waals surface area (Å²) in [5, 5.41) is 5.90. The molecule has 0 unspecified atom stereocenters. The zero-order chi connectivity index (χ0) is 22.0. The molecule has 4 rings (SSSR count). The van der Waals surface area contributed by atoms with Crippen LogP contribution in [0.25, 0.3) is 5.69 Å². The Morgan fingerprint density at radius 2 is 1.61 bits per heavy atom. The van der Waals surface area contributed by atoms with E-state index in [1.54, 1.807) is 28.9 Å². The van der Waals surface area contributed by atoms with E-state index in [-0.39, 0.29) is 10.6 Å². The molecular formula is C23H15Cl3N2O2S. The van der Waals surface area contributed by atoms with Gasteiger partial charge in [-0.15, -0.1) is 0 Å². The first kappa shape index (κ1) is 21.8. The smallest absolute Gasteiger partial charge is 0.346 e. The Bertz CT molecular complexity index is 1240. The number of esters is 1. The molecule has 0 saturated heterocycles. The molecule has 0 atom stereocenters. The van der Waals surface area contributed by atoms with Gasteiger partial charge < -0.3 is 4.74 Å². The number of aryl methyl sites for hydroxylation is 1. The number of hydrogen-bond acceptors (Lipinski definition) is 4. The van der Waals surface area contributed by atoms with E-state index in [9.17, 15) is 4.79 Å². The summed E-state index contributed by atoms with van der Waals surface area (Å²) in [5.41, 5.74) is 1.65. The summed E-state index contributed by atoms with van der Waals surface area (Å²) in [5.74, 6) is -0.327. The first-order valence-corrected chi connectivity index (χ1v) is 11.1. The summed E-state index contributed by atoms with van der Waals surface area (Å²) in [6, 6.07) is 21.5. The number of para-hydroxylation sites is 1. The fraction of sp³-hybridized carbons (Fsp3) is 0.0435. The maximum Gasteiger partial charge on any atom is 0.346 e. The number of halogens is 3. The molecule has 156 valence electrons. The second kappa shape index (κ2) is 9.37.